The van der Waals surface area contributed by atoms with Gasteiger partial charge in [-0.2, -0.15) is 11.8 Å². The van der Waals surface area contributed by atoms with Crippen LogP contribution >= 0.6 is 11.8 Å². The molecule has 2 aromatic rings. The van der Waals surface area contributed by atoms with Gasteiger partial charge in [0.05, 0.1) is 5.69 Å². The van der Waals surface area contributed by atoms with Gasteiger partial charge in [-0.3, -0.25) is 0 Å². The van der Waals surface area contributed by atoms with Crippen LogP contribution in [-0.2, 0) is 12.0 Å². The van der Waals surface area contributed by atoms with E-state index in [-0.39, 0.29) is 0 Å². The summed E-state index contributed by atoms with van der Waals surface area (Å²) in [4.78, 5) is 0. The second kappa shape index (κ2) is 4.69. The van der Waals surface area contributed by atoms with Crippen molar-refractivity contribution in [2.75, 3.05) is 11.1 Å². The molecule has 0 bridgehead atoms. The first kappa shape index (κ1) is 12.9. The maximum atomic E-state index is 6.12. The molecule has 0 unspecified atom stereocenters. The van der Waals surface area contributed by atoms with Gasteiger partial charge >= 0.3 is 0 Å². The van der Waals surface area contributed by atoms with Gasteiger partial charge in [-0.05, 0) is 54.5 Å². The summed E-state index contributed by atoms with van der Waals surface area (Å²) >= 11 is 2.12. The molecule has 5 rings (SSSR count). The third-order valence-corrected chi connectivity index (χ3v) is 6.09. The Bertz CT molecular complexity index is 734. The Morgan fingerprint density at radius 1 is 1.14 bits per heavy atom. The van der Waals surface area contributed by atoms with Crippen molar-refractivity contribution in [1.82, 2.24) is 0 Å². The lowest BCUT2D eigenvalue weighted by atomic mass is 9.90. The fourth-order valence-corrected chi connectivity index (χ4v) is 4.23. The second-order valence-corrected chi connectivity index (χ2v) is 8.05. The van der Waals surface area contributed by atoms with E-state index in [4.69, 9.17) is 4.74 Å². The number of thioether (sulfide) groups is 1. The molecule has 0 spiro atoms. The maximum absolute atomic E-state index is 6.12. The van der Waals surface area contributed by atoms with E-state index >= 15 is 0 Å². The van der Waals surface area contributed by atoms with Gasteiger partial charge in [-0.1, -0.05) is 18.2 Å². The van der Waals surface area contributed by atoms with Crippen LogP contribution in [-0.4, -0.2) is 11.0 Å². The molecule has 1 atom stereocenters. The third-order valence-electron chi connectivity index (χ3n) is 5.12. The number of nitrogens with one attached hydrogen (secondary N) is 1. The minimum Gasteiger partial charge on any atom is -0.455 e. The molecule has 3 heteroatoms. The highest BCUT2D eigenvalue weighted by Crippen LogP contribution is 2.56. The molecule has 2 aliphatic heterocycles. The Kier molecular flexibility index (Phi) is 2.75. The van der Waals surface area contributed by atoms with Crippen molar-refractivity contribution in [1.29, 1.82) is 0 Å². The highest BCUT2D eigenvalue weighted by Gasteiger charge is 2.48. The highest BCUT2D eigenvalue weighted by atomic mass is 32.2. The summed E-state index contributed by atoms with van der Waals surface area (Å²) in [6, 6.07) is 15.0. The van der Waals surface area contributed by atoms with Crippen LogP contribution in [0.5, 0.6) is 11.5 Å². The third kappa shape index (κ3) is 2.19. The zero-order valence-electron chi connectivity index (χ0n) is 12.5. The molecule has 1 N–H and O–H groups in total. The van der Waals surface area contributed by atoms with E-state index in [1.165, 1.54) is 36.1 Å². The van der Waals surface area contributed by atoms with Gasteiger partial charge in [-0.15, -0.1) is 0 Å². The Morgan fingerprint density at radius 2 is 2.00 bits per heavy atom. The van der Waals surface area contributed by atoms with E-state index < -0.39 is 0 Å². The lowest BCUT2D eigenvalue weighted by molar-refractivity contribution is 0.483. The summed E-state index contributed by atoms with van der Waals surface area (Å²) in [5, 5.41) is 4.42. The topological polar surface area (TPSA) is 21.3 Å². The van der Waals surface area contributed by atoms with Crippen LogP contribution < -0.4 is 10.1 Å². The first-order chi connectivity index (χ1) is 10.8. The van der Waals surface area contributed by atoms with E-state index in [1.54, 1.807) is 0 Å². The Balaban J connectivity index is 1.48. The predicted molar refractivity (Wildman–Crippen MR) is 92.1 cm³/mol. The van der Waals surface area contributed by atoms with Gasteiger partial charge in [0.1, 0.15) is 5.75 Å². The minimum absolute atomic E-state index is 0.475. The molecular formula is C19H19NOS. The number of benzene rings is 2. The zero-order chi connectivity index (χ0) is 14.6. The lowest BCUT2D eigenvalue weighted by Crippen LogP contribution is -2.10. The summed E-state index contributed by atoms with van der Waals surface area (Å²) in [5.74, 6) is 3.29. The summed E-state index contributed by atoms with van der Waals surface area (Å²) < 4.78 is 6.12. The van der Waals surface area contributed by atoms with Crippen LogP contribution in [0.1, 0.15) is 30.4 Å². The fraction of sp³-hybridized carbons (Fsp3) is 0.368. The van der Waals surface area contributed by atoms with Crippen LogP contribution in [0.3, 0.4) is 0 Å². The SMILES string of the molecule is c1ccc2c(c1)NCc1cc(C3(C[C@H]4CS4)CC3)ccc1O2. The smallest absolute Gasteiger partial charge is 0.150 e. The Hall–Kier alpha value is -1.61. The van der Waals surface area contributed by atoms with Crippen LogP contribution in [0.15, 0.2) is 42.5 Å². The van der Waals surface area contributed by atoms with Crippen LogP contribution in [0, 0.1) is 0 Å². The van der Waals surface area contributed by atoms with Crippen molar-refractivity contribution in [3.8, 4) is 11.5 Å². The molecule has 2 aromatic carbocycles. The average Bonchev–Trinajstić information content (AvgIpc) is 3.44. The molecule has 2 heterocycles. The van der Waals surface area contributed by atoms with E-state index in [1.807, 2.05) is 18.2 Å². The first-order valence-corrected chi connectivity index (χ1v) is 9.13. The zero-order valence-corrected chi connectivity index (χ0v) is 13.3. The van der Waals surface area contributed by atoms with Gasteiger partial charge in [0.25, 0.3) is 0 Å². The van der Waals surface area contributed by atoms with E-state index in [2.05, 4.69) is 41.3 Å². The van der Waals surface area contributed by atoms with Crippen molar-refractivity contribution in [3.05, 3.63) is 53.6 Å². The number of hydrogen-bond acceptors (Lipinski definition) is 3. The Morgan fingerprint density at radius 3 is 2.82 bits per heavy atom. The molecule has 3 aliphatic rings. The predicted octanol–water partition coefficient (Wildman–Crippen LogP) is 4.94. The van der Waals surface area contributed by atoms with Crippen molar-refractivity contribution in [2.45, 2.75) is 36.5 Å². The quantitative estimate of drug-likeness (QED) is 0.811. The first-order valence-electron chi connectivity index (χ1n) is 8.08. The van der Waals surface area contributed by atoms with Gasteiger partial charge in [0, 0.05) is 23.1 Å². The number of ether oxygens (including phenoxy) is 1. The summed E-state index contributed by atoms with van der Waals surface area (Å²) in [6.45, 7) is 0.842. The lowest BCUT2D eigenvalue weighted by Gasteiger charge is -2.17. The minimum atomic E-state index is 0.475. The highest BCUT2D eigenvalue weighted by molar-refractivity contribution is 8.06. The average molecular weight is 309 g/mol. The van der Waals surface area contributed by atoms with Crippen molar-refractivity contribution in [3.63, 3.8) is 0 Å². The molecule has 1 aliphatic carbocycles. The molecule has 112 valence electrons. The number of anilines is 1. The van der Waals surface area contributed by atoms with E-state index in [0.717, 1.165) is 29.0 Å². The van der Waals surface area contributed by atoms with Crippen LogP contribution in [0.4, 0.5) is 5.69 Å². The molecule has 1 saturated carbocycles. The van der Waals surface area contributed by atoms with Gasteiger partial charge in [0.2, 0.25) is 0 Å². The molecular weight excluding hydrogens is 290 g/mol. The van der Waals surface area contributed by atoms with Gasteiger partial charge in [-0.25, -0.2) is 0 Å². The fourth-order valence-electron chi connectivity index (χ4n) is 3.54. The largest absolute Gasteiger partial charge is 0.455 e. The number of fused-ring (bicyclic) bond motifs is 2. The maximum Gasteiger partial charge on any atom is 0.150 e. The van der Waals surface area contributed by atoms with E-state index in [9.17, 15) is 0 Å². The summed E-state index contributed by atoms with van der Waals surface area (Å²) in [5.41, 5.74) is 4.36. The van der Waals surface area contributed by atoms with Crippen LogP contribution in [0.25, 0.3) is 0 Å². The molecule has 2 fully saturated rings. The monoisotopic (exact) mass is 309 g/mol. The summed E-state index contributed by atoms with van der Waals surface area (Å²) in [6.07, 6.45) is 4.08. The molecule has 22 heavy (non-hydrogen) atoms. The second-order valence-electron chi connectivity index (χ2n) is 6.71. The van der Waals surface area contributed by atoms with Crippen molar-refractivity contribution >= 4 is 17.4 Å². The number of para-hydroxylation sites is 2. The number of rotatable bonds is 3. The van der Waals surface area contributed by atoms with Crippen molar-refractivity contribution in [2.24, 2.45) is 0 Å². The Labute approximate surface area is 135 Å². The van der Waals surface area contributed by atoms with Gasteiger partial charge < -0.3 is 10.1 Å². The number of hydrogen-bond donors (Lipinski definition) is 1. The molecule has 0 radical (unpaired) electrons. The molecule has 0 aromatic heterocycles. The standard InChI is InChI=1S/C19H19NOS/c1-2-4-18-16(3-1)20-11-13-9-14(5-6-17(13)21-18)19(7-8-19)10-15-12-22-15/h1-6,9,15,20H,7-8,10-12H2/t15-/m0/s1. The normalized spacial score (nSPS) is 23.4. The molecule has 2 nitrogen and oxygen atoms in total. The summed E-state index contributed by atoms with van der Waals surface area (Å²) in [7, 11) is 0. The molecule has 1 saturated heterocycles. The van der Waals surface area contributed by atoms with Crippen LogP contribution in [0.2, 0.25) is 0 Å². The van der Waals surface area contributed by atoms with E-state index in [0.29, 0.717) is 5.41 Å². The van der Waals surface area contributed by atoms with Gasteiger partial charge in [0.15, 0.2) is 5.75 Å². The molecule has 0 amide bonds. The van der Waals surface area contributed by atoms with Crippen molar-refractivity contribution < 1.29 is 4.74 Å².